The van der Waals surface area contributed by atoms with E-state index in [4.69, 9.17) is 14.2 Å². The zero-order chi connectivity index (χ0) is 29.3. The SMILES string of the molecule is CCCCCC1OC1C/C=C\CCCCCCCC(=O)OC[C@H](CO)OC(=O)CCCCCCCCCC(C)C. The van der Waals surface area contributed by atoms with Crippen molar-refractivity contribution >= 4 is 11.9 Å². The first-order valence-corrected chi connectivity index (χ1v) is 16.7. The van der Waals surface area contributed by atoms with E-state index in [1.54, 1.807) is 0 Å². The van der Waals surface area contributed by atoms with E-state index in [1.165, 1.54) is 70.6 Å². The van der Waals surface area contributed by atoms with E-state index >= 15 is 0 Å². The Labute approximate surface area is 246 Å². The molecule has 234 valence electrons. The highest BCUT2D eigenvalue weighted by molar-refractivity contribution is 5.70. The number of unbranched alkanes of at least 4 members (excludes halogenated alkanes) is 13. The highest BCUT2D eigenvalue weighted by atomic mass is 16.6. The van der Waals surface area contributed by atoms with Gasteiger partial charge in [-0.15, -0.1) is 0 Å². The van der Waals surface area contributed by atoms with Crippen LogP contribution in [-0.2, 0) is 23.8 Å². The second kappa shape index (κ2) is 25.3. The van der Waals surface area contributed by atoms with Gasteiger partial charge in [-0.1, -0.05) is 116 Å². The summed E-state index contributed by atoms with van der Waals surface area (Å²) >= 11 is 0. The van der Waals surface area contributed by atoms with E-state index in [1.807, 2.05) is 0 Å². The van der Waals surface area contributed by atoms with Crippen LogP contribution in [0.4, 0.5) is 0 Å². The van der Waals surface area contributed by atoms with Crippen LogP contribution >= 0.6 is 0 Å². The van der Waals surface area contributed by atoms with Gasteiger partial charge in [0.1, 0.15) is 6.61 Å². The number of hydrogen-bond donors (Lipinski definition) is 1. The van der Waals surface area contributed by atoms with Crippen LogP contribution in [-0.4, -0.2) is 48.6 Å². The number of esters is 2. The van der Waals surface area contributed by atoms with Crippen LogP contribution in [0, 0.1) is 5.92 Å². The first-order valence-electron chi connectivity index (χ1n) is 16.7. The molecule has 0 aromatic carbocycles. The fourth-order valence-corrected chi connectivity index (χ4v) is 4.98. The summed E-state index contributed by atoms with van der Waals surface area (Å²) < 4.78 is 16.3. The van der Waals surface area contributed by atoms with Gasteiger partial charge >= 0.3 is 11.9 Å². The Morgan fingerprint density at radius 2 is 1.40 bits per heavy atom. The van der Waals surface area contributed by atoms with Crippen molar-refractivity contribution in [2.75, 3.05) is 13.2 Å². The number of aliphatic hydroxyl groups is 1. The lowest BCUT2D eigenvalue weighted by molar-refractivity contribution is -0.161. The van der Waals surface area contributed by atoms with Crippen molar-refractivity contribution in [3.8, 4) is 0 Å². The van der Waals surface area contributed by atoms with E-state index in [-0.39, 0.29) is 25.2 Å². The zero-order valence-electron chi connectivity index (χ0n) is 26.2. The Kier molecular flexibility index (Phi) is 23.2. The Hall–Kier alpha value is -1.40. The molecule has 0 bridgehead atoms. The van der Waals surface area contributed by atoms with E-state index in [0.717, 1.165) is 57.3 Å². The number of aliphatic hydroxyl groups excluding tert-OH is 1. The van der Waals surface area contributed by atoms with Crippen LogP contribution < -0.4 is 0 Å². The monoisotopic (exact) mass is 566 g/mol. The van der Waals surface area contributed by atoms with Gasteiger partial charge in [0, 0.05) is 12.8 Å². The second-order valence-corrected chi connectivity index (χ2v) is 12.1. The molecule has 1 aliphatic rings. The fourth-order valence-electron chi connectivity index (χ4n) is 4.98. The molecule has 0 aliphatic carbocycles. The number of rotatable bonds is 28. The number of ether oxygens (including phenoxy) is 3. The fraction of sp³-hybridized carbons (Fsp3) is 0.882. The quantitative estimate of drug-likeness (QED) is 0.0441. The van der Waals surface area contributed by atoms with Crippen LogP contribution in [0.15, 0.2) is 12.2 Å². The average molecular weight is 567 g/mol. The predicted octanol–water partition coefficient (Wildman–Crippen LogP) is 8.63. The number of carbonyl (C=O) groups excluding carboxylic acids is 2. The maximum Gasteiger partial charge on any atom is 0.306 e. The molecule has 0 aromatic rings. The molecule has 1 heterocycles. The normalized spacial score (nSPS) is 17.4. The molecule has 3 atom stereocenters. The number of hydrogen-bond acceptors (Lipinski definition) is 6. The van der Waals surface area contributed by atoms with Gasteiger partial charge in [0.05, 0.1) is 18.8 Å². The van der Waals surface area contributed by atoms with Gasteiger partial charge in [-0.05, 0) is 44.4 Å². The molecule has 0 aromatic heterocycles. The summed E-state index contributed by atoms with van der Waals surface area (Å²) in [6, 6.07) is 0. The zero-order valence-corrected chi connectivity index (χ0v) is 26.2. The smallest absolute Gasteiger partial charge is 0.306 e. The summed E-state index contributed by atoms with van der Waals surface area (Å²) in [6.45, 7) is 6.36. The largest absolute Gasteiger partial charge is 0.462 e. The molecule has 0 radical (unpaired) electrons. The minimum Gasteiger partial charge on any atom is -0.462 e. The third-order valence-corrected chi connectivity index (χ3v) is 7.66. The van der Waals surface area contributed by atoms with Crippen molar-refractivity contribution < 1.29 is 28.9 Å². The third-order valence-electron chi connectivity index (χ3n) is 7.66. The summed E-state index contributed by atoms with van der Waals surface area (Å²) in [5, 5.41) is 9.49. The maximum absolute atomic E-state index is 12.1. The van der Waals surface area contributed by atoms with Crippen molar-refractivity contribution in [3.63, 3.8) is 0 Å². The molecule has 0 saturated carbocycles. The van der Waals surface area contributed by atoms with Crippen molar-refractivity contribution in [2.45, 2.75) is 174 Å². The molecule has 1 saturated heterocycles. The second-order valence-electron chi connectivity index (χ2n) is 12.1. The molecule has 40 heavy (non-hydrogen) atoms. The molecule has 6 heteroatoms. The predicted molar refractivity (Wildman–Crippen MR) is 163 cm³/mol. The Morgan fingerprint density at radius 3 is 2.05 bits per heavy atom. The molecule has 1 aliphatic heterocycles. The van der Waals surface area contributed by atoms with Gasteiger partial charge in [-0.25, -0.2) is 0 Å². The average Bonchev–Trinajstić information content (AvgIpc) is 3.68. The molecule has 6 nitrogen and oxygen atoms in total. The van der Waals surface area contributed by atoms with Gasteiger partial charge in [0.2, 0.25) is 0 Å². The summed E-state index contributed by atoms with van der Waals surface area (Å²) in [4.78, 5) is 24.1. The molecular formula is C34H62O6. The number of carbonyl (C=O) groups is 2. The Bertz CT molecular complexity index is 646. The van der Waals surface area contributed by atoms with Gasteiger partial charge in [0.15, 0.2) is 6.10 Å². The van der Waals surface area contributed by atoms with E-state index < -0.39 is 6.10 Å². The van der Waals surface area contributed by atoms with Crippen molar-refractivity contribution in [2.24, 2.45) is 5.92 Å². The molecule has 1 N–H and O–H groups in total. The first kappa shape index (κ1) is 36.6. The standard InChI is InChI=1S/C34H62O6/c1-4-5-17-23-31-32(40-31)24-19-14-10-6-7-11-15-20-25-33(36)38-28-30(27-35)39-34(37)26-21-16-12-8-9-13-18-22-29(2)3/h14,19,29-32,35H,4-13,15-18,20-28H2,1-3H3/b19-14-/t30-,31?,32?/m0/s1. The van der Waals surface area contributed by atoms with Crippen LogP contribution in [0.5, 0.6) is 0 Å². The third kappa shape index (κ3) is 22.3. The van der Waals surface area contributed by atoms with Crippen molar-refractivity contribution in [3.05, 3.63) is 12.2 Å². The van der Waals surface area contributed by atoms with Gasteiger partial charge < -0.3 is 19.3 Å². The molecule has 2 unspecified atom stereocenters. The summed E-state index contributed by atoms with van der Waals surface area (Å²) in [5.41, 5.74) is 0. The lowest BCUT2D eigenvalue weighted by atomic mass is 10.0. The minimum absolute atomic E-state index is 0.0742. The van der Waals surface area contributed by atoms with Crippen molar-refractivity contribution in [1.82, 2.24) is 0 Å². The number of allylic oxidation sites excluding steroid dienone is 1. The van der Waals surface area contributed by atoms with Crippen LogP contribution in [0.3, 0.4) is 0 Å². The molecular weight excluding hydrogens is 504 g/mol. The van der Waals surface area contributed by atoms with E-state index in [2.05, 4.69) is 32.9 Å². The minimum atomic E-state index is -0.774. The number of epoxide rings is 1. The molecule has 0 spiro atoms. The summed E-state index contributed by atoms with van der Waals surface area (Å²) in [6.07, 6.45) is 27.3. The summed E-state index contributed by atoms with van der Waals surface area (Å²) in [5.74, 6) is 0.173. The van der Waals surface area contributed by atoms with Crippen LogP contribution in [0.1, 0.15) is 156 Å². The Balaban J connectivity index is 1.91. The van der Waals surface area contributed by atoms with E-state index in [9.17, 15) is 14.7 Å². The molecule has 0 amide bonds. The maximum atomic E-state index is 12.1. The summed E-state index contributed by atoms with van der Waals surface area (Å²) in [7, 11) is 0. The van der Waals surface area contributed by atoms with Crippen LogP contribution in [0.25, 0.3) is 0 Å². The van der Waals surface area contributed by atoms with Gasteiger partial charge in [-0.2, -0.15) is 0 Å². The highest BCUT2D eigenvalue weighted by Crippen LogP contribution is 2.30. The Morgan fingerprint density at radius 1 is 0.775 bits per heavy atom. The van der Waals surface area contributed by atoms with Gasteiger partial charge in [-0.3, -0.25) is 9.59 Å². The molecule has 1 rings (SSSR count). The van der Waals surface area contributed by atoms with Crippen molar-refractivity contribution in [1.29, 1.82) is 0 Å². The van der Waals surface area contributed by atoms with E-state index in [0.29, 0.717) is 25.0 Å². The topological polar surface area (TPSA) is 85.4 Å². The van der Waals surface area contributed by atoms with Crippen LogP contribution in [0.2, 0.25) is 0 Å². The molecule has 1 fully saturated rings. The first-order chi connectivity index (χ1) is 19.5. The van der Waals surface area contributed by atoms with Gasteiger partial charge in [0.25, 0.3) is 0 Å². The lowest BCUT2D eigenvalue weighted by Gasteiger charge is -2.15. The highest BCUT2D eigenvalue weighted by Gasteiger charge is 2.36. The lowest BCUT2D eigenvalue weighted by Crippen LogP contribution is -2.28.